The van der Waals surface area contributed by atoms with Crippen molar-refractivity contribution in [2.75, 3.05) is 27.4 Å². The molecule has 0 saturated carbocycles. The number of benzene rings is 2. The lowest BCUT2D eigenvalue weighted by Gasteiger charge is -2.26. The number of carbonyl (C=O) groups excluding carboxylic acids is 2. The van der Waals surface area contributed by atoms with Crippen LogP contribution in [0, 0.1) is 10.1 Å². The molecule has 0 aliphatic carbocycles. The molecule has 176 valence electrons. The number of ether oxygens (including phenoxy) is 2. The number of methoxy groups -OCH3 is 2. The van der Waals surface area contributed by atoms with Gasteiger partial charge in [0.15, 0.2) is 22.9 Å². The predicted molar refractivity (Wildman–Crippen MR) is 121 cm³/mol. The number of nitro groups is 1. The van der Waals surface area contributed by atoms with E-state index in [1.165, 1.54) is 49.5 Å². The molecule has 1 atom stereocenters. The Bertz CT molecular complexity index is 1290. The van der Waals surface area contributed by atoms with Gasteiger partial charge in [0.2, 0.25) is 5.78 Å². The Labute approximate surface area is 194 Å². The van der Waals surface area contributed by atoms with Gasteiger partial charge in [0.05, 0.1) is 23.6 Å². The fourth-order valence-corrected chi connectivity index (χ4v) is 4.06. The third kappa shape index (κ3) is 3.99. The maximum absolute atomic E-state index is 13.5. The van der Waals surface area contributed by atoms with Crippen molar-refractivity contribution >= 4 is 28.3 Å². The zero-order valence-corrected chi connectivity index (χ0v) is 18.5. The zero-order chi connectivity index (χ0) is 24.4. The average molecular weight is 466 g/mol. The number of carbonyl (C=O) groups is 2. The smallest absolute Gasteiger partial charge is 0.290 e. The molecular formula is C24H22N2O8. The summed E-state index contributed by atoms with van der Waals surface area (Å²) in [5.41, 5.74) is 0.512. The highest BCUT2D eigenvalue weighted by Crippen LogP contribution is 2.40. The molecule has 4 rings (SSSR count). The minimum Gasteiger partial charge on any atom is -0.503 e. The maximum atomic E-state index is 13.5. The number of non-ortho nitro benzene ring substituents is 1. The van der Waals surface area contributed by atoms with Crippen LogP contribution in [-0.2, 0) is 9.53 Å². The topological polar surface area (TPSA) is 132 Å². The molecule has 1 aliphatic rings. The highest BCUT2D eigenvalue weighted by Gasteiger charge is 2.44. The lowest BCUT2D eigenvalue weighted by atomic mass is 9.94. The number of furan rings is 1. The highest BCUT2D eigenvalue weighted by atomic mass is 16.6. The lowest BCUT2D eigenvalue weighted by molar-refractivity contribution is -0.384. The van der Waals surface area contributed by atoms with Gasteiger partial charge in [0, 0.05) is 37.8 Å². The number of hydrogen-bond acceptors (Lipinski definition) is 8. The number of aliphatic hydroxyl groups is 1. The highest BCUT2D eigenvalue weighted by molar-refractivity contribution is 6.16. The molecular weight excluding hydrogens is 444 g/mol. The molecule has 0 unspecified atom stereocenters. The van der Waals surface area contributed by atoms with Crippen molar-refractivity contribution in [3.8, 4) is 5.75 Å². The Balaban J connectivity index is 1.78. The van der Waals surface area contributed by atoms with E-state index in [1.54, 1.807) is 18.2 Å². The van der Waals surface area contributed by atoms with Gasteiger partial charge in [-0.25, -0.2) is 0 Å². The molecule has 1 N–H and O–H groups in total. The molecule has 1 amide bonds. The summed E-state index contributed by atoms with van der Waals surface area (Å²) in [5, 5.41) is 22.4. The summed E-state index contributed by atoms with van der Waals surface area (Å²) < 4.78 is 16.1. The van der Waals surface area contributed by atoms with Gasteiger partial charge in [0.1, 0.15) is 0 Å². The Morgan fingerprint density at radius 2 is 1.94 bits per heavy atom. The van der Waals surface area contributed by atoms with Crippen molar-refractivity contribution in [1.82, 2.24) is 4.90 Å². The van der Waals surface area contributed by atoms with E-state index in [0.29, 0.717) is 35.3 Å². The van der Waals surface area contributed by atoms with Gasteiger partial charge in [-0.3, -0.25) is 19.7 Å². The van der Waals surface area contributed by atoms with Crippen molar-refractivity contribution in [3.05, 3.63) is 81.3 Å². The summed E-state index contributed by atoms with van der Waals surface area (Å²) >= 11 is 0. The van der Waals surface area contributed by atoms with Crippen LogP contribution in [-0.4, -0.2) is 54.0 Å². The molecule has 1 aliphatic heterocycles. The first-order valence-electron chi connectivity index (χ1n) is 10.5. The van der Waals surface area contributed by atoms with Crippen LogP contribution in [0.5, 0.6) is 5.75 Å². The van der Waals surface area contributed by atoms with Crippen LogP contribution in [0.3, 0.4) is 0 Å². The van der Waals surface area contributed by atoms with Crippen molar-refractivity contribution < 1.29 is 33.5 Å². The van der Waals surface area contributed by atoms with E-state index in [1.807, 2.05) is 0 Å². The average Bonchev–Trinajstić information content (AvgIpc) is 3.38. The van der Waals surface area contributed by atoms with Gasteiger partial charge in [0.25, 0.3) is 11.6 Å². The molecule has 10 nitrogen and oxygen atoms in total. The number of ketones is 1. The van der Waals surface area contributed by atoms with Gasteiger partial charge in [-0.05, 0) is 36.2 Å². The van der Waals surface area contributed by atoms with Crippen molar-refractivity contribution in [2.45, 2.75) is 12.5 Å². The minimum absolute atomic E-state index is 0.0699. The molecule has 2 heterocycles. The largest absolute Gasteiger partial charge is 0.503 e. The molecule has 0 bridgehead atoms. The molecule has 0 fully saturated rings. The first-order chi connectivity index (χ1) is 16.4. The standard InChI is InChI=1S/C24H22N2O8/c1-32-12-4-11-25-20(14-7-9-16(10-8-14)26(30)31)19(22(28)24(25)29)21(27)18-13-15-5-3-6-17(33-2)23(15)34-18/h3,5-10,13,20,28H,4,11-12H2,1-2H3/t20-/m1/s1. The minimum atomic E-state index is -0.951. The second-order valence-electron chi connectivity index (χ2n) is 7.68. The lowest BCUT2D eigenvalue weighted by Crippen LogP contribution is -2.32. The van der Waals surface area contributed by atoms with Crippen LogP contribution in [0.15, 0.2) is 64.3 Å². The van der Waals surface area contributed by atoms with E-state index >= 15 is 0 Å². The van der Waals surface area contributed by atoms with E-state index in [4.69, 9.17) is 13.9 Å². The summed E-state index contributed by atoms with van der Waals surface area (Å²) in [6, 6.07) is 11.3. The molecule has 1 aromatic heterocycles. The second-order valence-corrected chi connectivity index (χ2v) is 7.68. The number of aliphatic hydroxyl groups excluding tert-OH is 1. The number of para-hydroxylation sites is 1. The van der Waals surface area contributed by atoms with Gasteiger partial charge in [-0.1, -0.05) is 12.1 Å². The number of fused-ring (bicyclic) bond motifs is 1. The van der Waals surface area contributed by atoms with Crippen molar-refractivity contribution in [1.29, 1.82) is 0 Å². The third-order valence-corrected chi connectivity index (χ3v) is 5.67. The number of Topliss-reactive ketones (excluding diaryl/α,β-unsaturated/α-hetero) is 1. The fraction of sp³-hybridized carbons (Fsp3) is 0.250. The third-order valence-electron chi connectivity index (χ3n) is 5.67. The van der Waals surface area contributed by atoms with Crippen LogP contribution < -0.4 is 4.74 Å². The van der Waals surface area contributed by atoms with E-state index < -0.39 is 28.4 Å². The Hall–Kier alpha value is -4.18. The summed E-state index contributed by atoms with van der Waals surface area (Å²) in [7, 11) is 3.01. The van der Waals surface area contributed by atoms with E-state index in [0.717, 1.165) is 0 Å². The summed E-state index contributed by atoms with van der Waals surface area (Å²) in [5.74, 6) is -1.69. The Morgan fingerprint density at radius 3 is 2.59 bits per heavy atom. The SMILES string of the molecule is COCCCN1C(=O)C(O)=C(C(=O)c2cc3cccc(OC)c3o2)[C@H]1c1ccc([N+](=O)[O-])cc1. The van der Waals surface area contributed by atoms with Crippen LogP contribution in [0.4, 0.5) is 5.69 Å². The van der Waals surface area contributed by atoms with E-state index in [9.17, 15) is 24.8 Å². The van der Waals surface area contributed by atoms with E-state index in [-0.39, 0.29) is 23.6 Å². The van der Waals surface area contributed by atoms with Crippen LogP contribution in [0.25, 0.3) is 11.0 Å². The van der Waals surface area contributed by atoms with Crippen LogP contribution in [0.2, 0.25) is 0 Å². The van der Waals surface area contributed by atoms with Gasteiger partial charge in [-0.2, -0.15) is 0 Å². The van der Waals surface area contributed by atoms with Crippen molar-refractivity contribution in [2.24, 2.45) is 0 Å². The predicted octanol–water partition coefficient (Wildman–Crippen LogP) is 3.96. The maximum Gasteiger partial charge on any atom is 0.290 e. The molecule has 0 saturated heterocycles. The van der Waals surface area contributed by atoms with Crippen LogP contribution >= 0.6 is 0 Å². The summed E-state index contributed by atoms with van der Waals surface area (Å²) in [4.78, 5) is 38.4. The number of rotatable bonds is 9. The number of nitrogens with zero attached hydrogens (tertiary/aromatic N) is 2. The number of amides is 1. The van der Waals surface area contributed by atoms with Gasteiger partial charge >= 0.3 is 0 Å². The zero-order valence-electron chi connectivity index (χ0n) is 18.5. The van der Waals surface area contributed by atoms with E-state index in [2.05, 4.69) is 0 Å². The summed E-state index contributed by atoms with van der Waals surface area (Å²) in [6.45, 7) is 0.563. The first kappa shape index (κ1) is 23.0. The fourth-order valence-electron chi connectivity index (χ4n) is 4.06. The Kier molecular flexibility index (Phi) is 6.33. The molecule has 0 spiro atoms. The second kappa shape index (κ2) is 9.36. The first-order valence-corrected chi connectivity index (χ1v) is 10.5. The van der Waals surface area contributed by atoms with Crippen LogP contribution in [0.1, 0.15) is 28.6 Å². The normalized spacial score (nSPS) is 15.9. The number of nitro benzene ring substituents is 1. The molecule has 34 heavy (non-hydrogen) atoms. The number of hydrogen-bond donors (Lipinski definition) is 1. The summed E-state index contributed by atoms with van der Waals surface area (Å²) in [6.07, 6.45) is 0.461. The molecule has 10 heteroatoms. The monoisotopic (exact) mass is 466 g/mol. The molecule has 0 radical (unpaired) electrons. The quantitative estimate of drug-likeness (QED) is 0.217. The Morgan fingerprint density at radius 1 is 1.21 bits per heavy atom. The molecule has 2 aromatic carbocycles. The van der Waals surface area contributed by atoms with Crippen molar-refractivity contribution in [3.63, 3.8) is 0 Å². The van der Waals surface area contributed by atoms with Gasteiger partial charge < -0.3 is 23.9 Å². The van der Waals surface area contributed by atoms with Gasteiger partial charge in [-0.15, -0.1) is 0 Å². The molecule has 3 aromatic rings.